The maximum atomic E-state index is 13.9. The molecule has 0 unspecified atom stereocenters. The number of anilines is 1. The van der Waals surface area contributed by atoms with E-state index < -0.39 is 11.7 Å². The van der Waals surface area contributed by atoms with E-state index in [9.17, 15) is 13.2 Å². The van der Waals surface area contributed by atoms with Gasteiger partial charge < -0.3 is 19.5 Å². The van der Waals surface area contributed by atoms with Gasteiger partial charge in [0.15, 0.2) is 11.5 Å². The molecule has 0 atom stereocenters. The molecular formula is C23H23ClF3N3O3. The van der Waals surface area contributed by atoms with Crippen LogP contribution in [-0.4, -0.2) is 37.7 Å². The van der Waals surface area contributed by atoms with Crippen LogP contribution in [0.25, 0.3) is 16.9 Å². The van der Waals surface area contributed by atoms with E-state index in [-0.39, 0.29) is 10.7 Å². The lowest BCUT2D eigenvalue weighted by Crippen LogP contribution is -2.14. The van der Waals surface area contributed by atoms with Crippen LogP contribution >= 0.6 is 11.6 Å². The Kier molecular flexibility index (Phi) is 6.34. The van der Waals surface area contributed by atoms with Gasteiger partial charge in [-0.3, -0.25) is 0 Å². The molecule has 2 heterocycles. The highest BCUT2D eigenvalue weighted by Crippen LogP contribution is 2.44. The Hall–Kier alpha value is -3.07. The molecule has 0 amide bonds. The molecule has 1 aliphatic heterocycles. The average molecular weight is 482 g/mol. The Morgan fingerprint density at radius 3 is 2.30 bits per heavy atom. The highest BCUT2D eigenvalue weighted by molar-refractivity contribution is 6.30. The summed E-state index contributed by atoms with van der Waals surface area (Å²) in [4.78, 5) is 0. The zero-order chi connectivity index (χ0) is 23.8. The minimum absolute atomic E-state index is 0.00197. The van der Waals surface area contributed by atoms with Crippen molar-refractivity contribution in [3.8, 4) is 34.2 Å². The molecule has 10 heteroatoms. The van der Waals surface area contributed by atoms with E-state index in [2.05, 4.69) is 10.4 Å². The molecule has 3 aromatic rings. The first kappa shape index (κ1) is 23.1. The average Bonchev–Trinajstić information content (AvgIpc) is 2.98. The van der Waals surface area contributed by atoms with Crippen LogP contribution in [0.1, 0.15) is 24.0 Å². The molecule has 0 radical (unpaired) electrons. The van der Waals surface area contributed by atoms with E-state index in [1.165, 1.54) is 38.1 Å². The molecule has 1 aliphatic rings. The van der Waals surface area contributed by atoms with Gasteiger partial charge >= 0.3 is 6.18 Å². The van der Waals surface area contributed by atoms with E-state index in [0.717, 1.165) is 24.5 Å². The fourth-order valence-corrected chi connectivity index (χ4v) is 4.22. The topological polar surface area (TPSA) is 57.5 Å². The van der Waals surface area contributed by atoms with Crippen LogP contribution in [-0.2, 0) is 12.6 Å². The van der Waals surface area contributed by atoms with Gasteiger partial charge in [0.25, 0.3) is 0 Å². The maximum absolute atomic E-state index is 13.9. The Morgan fingerprint density at radius 1 is 1.00 bits per heavy atom. The number of hydrogen-bond acceptors (Lipinski definition) is 5. The number of nitrogens with zero attached hydrogens (tertiary/aromatic N) is 2. The molecule has 0 saturated carbocycles. The lowest BCUT2D eigenvalue weighted by Gasteiger charge is -2.16. The summed E-state index contributed by atoms with van der Waals surface area (Å²) >= 11 is 5.89. The van der Waals surface area contributed by atoms with Gasteiger partial charge in [0.1, 0.15) is 5.82 Å². The number of hydrogen-bond donors (Lipinski definition) is 1. The molecule has 1 N–H and O–H groups in total. The van der Waals surface area contributed by atoms with Crippen LogP contribution in [0.5, 0.6) is 17.2 Å². The van der Waals surface area contributed by atoms with Gasteiger partial charge in [-0.05, 0) is 49.6 Å². The Bertz CT molecular complexity index is 1150. The fraction of sp³-hybridized carbons (Fsp3) is 0.348. The molecular weight excluding hydrogens is 459 g/mol. The first-order valence-corrected chi connectivity index (χ1v) is 10.7. The van der Waals surface area contributed by atoms with Crippen LogP contribution < -0.4 is 19.5 Å². The van der Waals surface area contributed by atoms with Crippen LogP contribution in [0.15, 0.2) is 30.3 Å². The molecule has 0 aliphatic carbocycles. The first-order valence-electron chi connectivity index (χ1n) is 10.3. The highest BCUT2D eigenvalue weighted by atomic mass is 35.5. The SMILES string of the molecule is COc1cc(-c2nn(-c3ccc(Cl)cc3C(F)(F)F)c3c2CCCCN3)cc(OC)c1OC. The highest BCUT2D eigenvalue weighted by Gasteiger charge is 2.36. The summed E-state index contributed by atoms with van der Waals surface area (Å²) in [6, 6.07) is 7.16. The molecule has 4 rings (SSSR count). The summed E-state index contributed by atoms with van der Waals surface area (Å²) in [7, 11) is 4.51. The van der Waals surface area contributed by atoms with Crippen molar-refractivity contribution in [2.75, 3.05) is 33.2 Å². The standard InChI is InChI=1S/C23H23ClF3N3O3/c1-31-18-10-13(11-19(32-2)21(18)33-3)20-15-6-4-5-9-28-22(15)30(29-20)17-8-7-14(24)12-16(17)23(25,26)27/h7-8,10-12,28H,4-6,9H2,1-3H3. The predicted octanol–water partition coefficient (Wildman–Crippen LogP) is 5.99. The monoisotopic (exact) mass is 481 g/mol. The van der Waals surface area contributed by atoms with Gasteiger partial charge in [0.2, 0.25) is 5.75 Å². The summed E-state index contributed by atoms with van der Waals surface area (Å²) in [5.41, 5.74) is 1.05. The zero-order valence-corrected chi connectivity index (χ0v) is 19.1. The van der Waals surface area contributed by atoms with Gasteiger partial charge in [-0.2, -0.15) is 18.3 Å². The fourth-order valence-electron chi connectivity index (χ4n) is 4.05. The second kappa shape index (κ2) is 9.05. The van der Waals surface area contributed by atoms with Crippen molar-refractivity contribution in [1.29, 1.82) is 0 Å². The number of fused-ring (bicyclic) bond motifs is 1. The van der Waals surface area contributed by atoms with Gasteiger partial charge in [-0.1, -0.05) is 11.6 Å². The van der Waals surface area contributed by atoms with Crippen molar-refractivity contribution in [3.63, 3.8) is 0 Å². The number of methoxy groups -OCH3 is 3. The second-order valence-electron chi connectivity index (χ2n) is 7.54. The van der Waals surface area contributed by atoms with Crippen LogP contribution in [0.3, 0.4) is 0 Å². The Balaban J connectivity index is 1.98. The van der Waals surface area contributed by atoms with Crippen molar-refractivity contribution in [3.05, 3.63) is 46.5 Å². The number of ether oxygens (including phenoxy) is 3. The van der Waals surface area contributed by atoms with Crippen LogP contribution in [0.2, 0.25) is 5.02 Å². The number of benzene rings is 2. The molecule has 1 aromatic heterocycles. The molecule has 6 nitrogen and oxygen atoms in total. The molecule has 0 fully saturated rings. The lowest BCUT2D eigenvalue weighted by atomic mass is 10.0. The maximum Gasteiger partial charge on any atom is 0.418 e. The summed E-state index contributed by atoms with van der Waals surface area (Å²) in [5.74, 6) is 1.81. The first-order chi connectivity index (χ1) is 15.8. The molecule has 0 spiro atoms. The number of nitrogens with one attached hydrogen (secondary N) is 1. The zero-order valence-electron chi connectivity index (χ0n) is 18.3. The second-order valence-corrected chi connectivity index (χ2v) is 7.98. The number of rotatable bonds is 5. The third-order valence-corrected chi connectivity index (χ3v) is 5.79. The van der Waals surface area contributed by atoms with Gasteiger partial charge in [0.05, 0.1) is 38.3 Å². The van der Waals surface area contributed by atoms with Gasteiger partial charge in [-0.25, -0.2) is 4.68 Å². The van der Waals surface area contributed by atoms with Crippen molar-refractivity contribution < 1.29 is 27.4 Å². The number of halogens is 4. The summed E-state index contributed by atoms with van der Waals surface area (Å²) < 4.78 is 59.2. The summed E-state index contributed by atoms with van der Waals surface area (Å²) in [6.45, 7) is 0.627. The van der Waals surface area contributed by atoms with E-state index in [1.54, 1.807) is 12.1 Å². The molecule has 2 aromatic carbocycles. The normalized spacial score (nSPS) is 13.7. The third kappa shape index (κ3) is 4.29. The molecule has 33 heavy (non-hydrogen) atoms. The van der Waals surface area contributed by atoms with E-state index in [1.807, 2.05) is 0 Å². The molecule has 0 bridgehead atoms. The Labute approximate surface area is 194 Å². The predicted molar refractivity (Wildman–Crippen MR) is 120 cm³/mol. The van der Waals surface area contributed by atoms with Crippen molar-refractivity contribution in [1.82, 2.24) is 9.78 Å². The summed E-state index contributed by atoms with van der Waals surface area (Å²) in [6.07, 6.45) is -2.19. The lowest BCUT2D eigenvalue weighted by molar-refractivity contribution is -0.137. The third-order valence-electron chi connectivity index (χ3n) is 5.56. The minimum atomic E-state index is -4.60. The van der Waals surface area contributed by atoms with Crippen molar-refractivity contribution in [2.24, 2.45) is 0 Å². The van der Waals surface area contributed by atoms with Crippen molar-refractivity contribution >= 4 is 17.4 Å². The molecule has 0 saturated heterocycles. The van der Waals surface area contributed by atoms with E-state index in [0.29, 0.717) is 47.3 Å². The van der Waals surface area contributed by atoms with Crippen molar-refractivity contribution in [2.45, 2.75) is 25.4 Å². The van der Waals surface area contributed by atoms with Crippen LogP contribution in [0, 0.1) is 0 Å². The van der Waals surface area contributed by atoms with E-state index >= 15 is 0 Å². The van der Waals surface area contributed by atoms with Gasteiger partial charge in [-0.15, -0.1) is 0 Å². The van der Waals surface area contributed by atoms with Crippen LogP contribution in [0.4, 0.5) is 19.0 Å². The largest absolute Gasteiger partial charge is 0.493 e. The Morgan fingerprint density at radius 2 is 1.70 bits per heavy atom. The number of aromatic nitrogens is 2. The quantitative estimate of drug-likeness (QED) is 0.485. The summed E-state index contributed by atoms with van der Waals surface area (Å²) in [5, 5.41) is 7.91. The van der Waals surface area contributed by atoms with Gasteiger partial charge in [0, 0.05) is 22.7 Å². The smallest absolute Gasteiger partial charge is 0.418 e. The number of alkyl halides is 3. The minimum Gasteiger partial charge on any atom is -0.493 e. The van der Waals surface area contributed by atoms with E-state index in [4.69, 9.17) is 25.8 Å². The molecule has 176 valence electrons.